The van der Waals surface area contributed by atoms with Crippen LogP contribution in [0.4, 0.5) is 10.1 Å². The highest BCUT2D eigenvalue weighted by Gasteiger charge is 2.04. The van der Waals surface area contributed by atoms with Crippen molar-refractivity contribution in [3.8, 4) is 5.75 Å². The predicted molar refractivity (Wildman–Crippen MR) is 69.8 cm³/mol. The van der Waals surface area contributed by atoms with E-state index in [1.165, 1.54) is 0 Å². The lowest BCUT2D eigenvalue weighted by molar-refractivity contribution is -0.123. The smallest absolute Gasteiger partial charge is 0.258 e. The summed E-state index contributed by atoms with van der Waals surface area (Å²) < 4.78 is 17.1. The Bertz CT molecular complexity index is 438. The van der Waals surface area contributed by atoms with E-state index in [4.69, 9.17) is 4.74 Å². The Morgan fingerprint density at radius 3 is 2.79 bits per heavy atom. The van der Waals surface area contributed by atoms with Crippen LogP contribution in [0.15, 0.2) is 24.3 Å². The molecule has 104 valence electrons. The Kier molecular flexibility index (Phi) is 6.35. The van der Waals surface area contributed by atoms with Gasteiger partial charge in [-0.1, -0.05) is 13.0 Å². The molecule has 0 atom stereocenters. The van der Waals surface area contributed by atoms with Crippen molar-refractivity contribution in [1.82, 2.24) is 5.32 Å². The third-order valence-corrected chi connectivity index (χ3v) is 2.23. The lowest BCUT2D eigenvalue weighted by atomic mass is 10.3. The van der Waals surface area contributed by atoms with Gasteiger partial charge in [-0.05, 0) is 12.1 Å². The maximum Gasteiger partial charge on any atom is 0.258 e. The Balaban J connectivity index is 2.48. The molecule has 2 amide bonds. The predicted octanol–water partition coefficient (Wildman–Crippen LogP) is 1.50. The number of anilines is 1. The van der Waals surface area contributed by atoms with E-state index in [0.29, 0.717) is 17.9 Å². The van der Waals surface area contributed by atoms with Gasteiger partial charge in [-0.2, -0.15) is 0 Å². The number of alkyl halides is 1. The topological polar surface area (TPSA) is 67.4 Å². The van der Waals surface area contributed by atoms with Crippen LogP contribution in [0.1, 0.15) is 13.3 Å². The summed E-state index contributed by atoms with van der Waals surface area (Å²) in [6.07, 6.45) is 0.386. The van der Waals surface area contributed by atoms with Crippen molar-refractivity contribution in [2.24, 2.45) is 0 Å². The monoisotopic (exact) mass is 268 g/mol. The van der Waals surface area contributed by atoms with Gasteiger partial charge in [-0.25, -0.2) is 4.39 Å². The Morgan fingerprint density at radius 1 is 1.32 bits per heavy atom. The molecule has 5 nitrogen and oxygen atoms in total. The molecule has 0 saturated heterocycles. The molecule has 0 spiro atoms. The first-order chi connectivity index (χ1) is 9.15. The molecule has 0 saturated carbocycles. The molecular weight excluding hydrogens is 251 g/mol. The minimum Gasteiger partial charge on any atom is -0.484 e. The van der Waals surface area contributed by atoms with Gasteiger partial charge in [-0.3, -0.25) is 9.59 Å². The van der Waals surface area contributed by atoms with Crippen molar-refractivity contribution in [2.45, 2.75) is 13.3 Å². The van der Waals surface area contributed by atoms with Crippen molar-refractivity contribution in [2.75, 3.05) is 25.1 Å². The maximum atomic E-state index is 11.8. The van der Waals surface area contributed by atoms with Crippen molar-refractivity contribution in [1.29, 1.82) is 0 Å². The minimum absolute atomic E-state index is 0.0191. The van der Waals surface area contributed by atoms with Crippen molar-refractivity contribution >= 4 is 17.5 Å². The molecule has 6 heteroatoms. The first-order valence-electron chi connectivity index (χ1n) is 6.01. The summed E-state index contributed by atoms with van der Waals surface area (Å²) in [6.45, 7) is 0.940. The van der Waals surface area contributed by atoms with Crippen molar-refractivity contribution in [3.05, 3.63) is 24.3 Å². The summed E-state index contributed by atoms with van der Waals surface area (Å²) >= 11 is 0. The van der Waals surface area contributed by atoms with Gasteiger partial charge in [-0.15, -0.1) is 0 Å². The molecule has 1 rings (SSSR count). The Hall–Kier alpha value is -2.11. The molecule has 0 aliphatic rings. The van der Waals surface area contributed by atoms with Gasteiger partial charge in [0, 0.05) is 24.7 Å². The fourth-order valence-electron chi connectivity index (χ4n) is 1.30. The SMILES string of the molecule is CCC(=O)Nc1cccc(OCC(=O)NCCF)c1. The summed E-state index contributed by atoms with van der Waals surface area (Å²) in [4.78, 5) is 22.4. The van der Waals surface area contributed by atoms with Crippen LogP contribution in [0.2, 0.25) is 0 Å². The molecule has 1 aromatic carbocycles. The van der Waals surface area contributed by atoms with E-state index in [9.17, 15) is 14.0 Å². The molecule has 19 heavy (non-hydrogen) atoms. The number of benzene rings is 1. The fraction of sp³-hybridized carbons (Fsp3) is 0.385. The Morgan fingerprint density at radius 2 is 2.11 bits per heavy atom. The van der Waals surface area contributed by atoms with E-state index >= 15 is 0 Å². The molecular formula is C13H17FN2O3. The molecule has 2 N–H and O–H groups in total. The quantitative estimate of drug-likeness (QED) is 0.787. The van der Waals surface area contributed by atoms with Crippen LogP contribution in [0.25, 0.3) is 0 Å². The largest absolute Gasteiger partial charge is 0.484 e. The molecule has 0 heterocycles. The van der Waals surface area contributed by atoms with Gasteiger partial charge in [0.15, 0.2) is 6.61 Å². The zero-order chi connectivity index (χ0) is 14.1. The van der Waals surface area contributed by atoms with Gasteiger partial charge in [0.05, 0.1) is 0 Å². The third-order valence-electron chi connectivity index (χ3n) is 2.23. The van der Waals surface area contributed by atoms with E-state index in [0.717, 1.165) is 0 Å². The Labute approximate surface area is 111 Å². The summed E-state index contributed by atoms with van der Waals surface area (Å²) in [5.74, 6) is -0.0252. The van der Waals surface area contributed by atoms with Gasteiger partial charge in [0.1, 0.15) is 12.4 Å². The molecule has 0 unspecified atom stereocenters. The second-order valence-electron chi connectivity index (χ2n) is 3.76. The minimum atomic E-state index is -0.607. The number of hydrogen-bond acceptors (Lipinski definition) is 3. The number of rotatable bonds is 7. The van der Waals surface area contributed by atoms with Crippen molar-refractivity contribution in [3.63, 3.8) is 0 Å². The van der Waals surface area contributed by atoms with Crippen LogP contribution < -0.4 is 15.4 Å². The third kappa shape index (κ3) is 5.85. The molecule has 0 aromatic heterocycles. The van der Waals surface area contributed by atoms with Gasteiger partial charge < -0.3 is 15.4 Å². The van der Waals surface area contributed by atoms with E-state index in [1.807, 2.05) is 0 Å². The number of carbonyl (C=O) groups is 2. The van der Waals surface area contributed by atoms with Crippen LogP contribution in [0, 0.1) is 0 Å². The van der Waals surface area contributed by atoms with E-state index in [2.05, 4.69) is 10.6 Å². The lowest BCUT2D eigenvalue weighted by Crippen LogP contribution is -2.30. The highest BCUT2D eigenvalue weighted by Crippen LogP contribution is 2.17. The highest BCUT2D eigenvalue weighted by atomic mass is 19.1. The summed E-state index contributed by atoms with van der Waals surface area (Å²) in [7, 11) is 0. The lowest BCUT2D eigenvalue weighted by Gasteiger charge is -2.08. The van der Waals surface area contributed by atoms with Crippen LogP contribution in [0.3, 0.4) is 0 Å². The molecule has 0 aliphatic carbocycles. The summed E-state index contributed by atoms with van der Waals surface area (Å²) in [6, 6.07) is 6.73. The molecule has 0 fully saturated rings. The zero-order valence-electron chi connectivity index (χ0n) is 10.7. The first-order valence-corrected chi connectivity index (χ1v) is 6.01. The number of amides is 2. The number of halogens is 1. The van der Waals surface area contributed by atoms with Crippen molar-refractivity contribution < 1.29 is 18.7 Å². The first kappa shape index (κ1) is 14.9. The van der Waals surface area contributed by atoms with Crippen LogP contribution >= 0.6 is 0 Å². The highest BCUT2D eigenvalue weighted by molar-refractivity contribution is 5.90. The summed E-state index contributed by atoms with van der Waals surface area (Å²) in [5.41, 5.74) is 0.605. The van der Waals surface area contributed by atoms with E-state index in [1.54, 1.807) is 31.2 Å². The average Bonchev–Trinajstić information content (AvgIpc) is 2.43. The number of nitrogens with one attached hydrogen (secondary N) is 2. The summed E-state index contributed by atoms with van der Waals surface area (Å²) in [5, 5.41) is 5.03. The van der Waals surface area contributed by atoms with Gasteiger partial charge in [0.25, 0.3) is 5.91 Å². The van der Waals surface area contributed by atoms with Gasteiger partial charge in [0.2, 0.25) is 5.91 Å². The fourth-order valence-corrected chi connectivity index (χ4v) is 1.30. The number of hydrogen-bond donors (Lipinski definition) is 2. The molecule has 0 aliphatic heterocycles. The molecule has 0 radical (unpaired) electrons. The number of carbonyl (C=O) groups excluding carboxylic acids is 2. The average molecular weight is 268 g/mol. The van der Waals surface area contributed by atoms with Crippen LogP contribution in [-0.2, 0) is 9.59 Å². The van der Waals surface area contributed by atoms with E-state index in [-0.39, 0.29) is 25.0 Å². The maximum absolute atomic E-state index is 11.8. The second kappa shape index (κ2) is 8.07. The zero-order valence-corrected chi connectivity index (χ0v) is 10.7. The van der Waals surface area contributed by atoms with Crippen LogP contribution in [0.5, 0.6) is 5.75 Å². The van der Waals surface area contributed by atoms with Gasteiger partial charge >= 0.3 is 0 Å². The number of ether oxygens (including phenoxy) is 1. The molecule has 0 bridgehead atoms. The standard InChI is InChI=1S/C13H17FN2O3/c1-2-12(17)16-10-4-3-5-11(8-10)19-9-13(18)15-7-6-14/h3-5,8H,2,6-7,9H2,1H3,(H,15,18)(H,16,17). The normalized spacial score (nSPS) is 9.79. The van der Waals surface area contributed by atoms with Crippen LogP contribution in [-0.4, -0.2) is 31.6 Å². The molecule has 1 aromatic rings. The van der Waals surface area contributed by atoms with E-state index < -0.39 is 6.67 Å². The second-order valence-corrected chi connectivity index (χ2v) is 3.76.